The van der Waals surface area contributed by atoms with Gasteiger partial charge in [0.2, 0.25) is 6.41 Å². The second kappa shape index (κ2) is 10.5. The molecule has 3 amide bonds. The molecule has 0 aromatic rings. The number of amides is 3. The summed E-state index contributed by atoms with van der Waals surface area (Å²) < 4.78 is 0. The molecule has 0 atom stereocenters. The van der Waals surface area contributed by atoms with Crippen LogP contribution >= 0.6 is 0 Å². The minimum atomic E-state index is -0.282. The third-order valence-corrected chi connectivity index (χ3v) is 4.38. The van der Waals surface area contributed by atoms with Gasteiger partial charge in [0.25, 0.3) is 0 Å². The second-order valence-corrected chi connectivity index (χ2v) is 6.07. The number of nitrogens with one attached hydrogen (secondary N) is 3. The van der Waals surface area contributed by atoms with E-state index in [-0.39, 0.29) is 6.03 Å². The van der Waals surface area contributed by atoms with Crippen LogP contribution < -0.4 is 16.0 Å². The van der Waals surface area contributed by atoms with Gasteiger partial charge in [0.05, 0.1) is 0 Å². The summed E-state index contributed by atoms with van der Waals surface area (Å²) in [4.78, 5) is 29.1. The molecule has 8 nitrogen and oxygen atoms in total. The van der Waals surface area contributed by atoms with E-state index in [1.165, 1.54) is 4.90 Å². The lowest BCUT2D eigenvalue weighted by atomic mass is 10.3. The molecule has 0 aromatic carbocycles. The summed E-state index contributed by atoms with van der Waals surface area (Å²) in [7, 11) is 0. The van der Waals surface area contributed by atoms with E-state index in [1.54, 1.807) is 0 Å². The summed E-state index contributed by atoms with van der Waals surface area (Å²) in [5.41, 5.74) is 0. The topological polar surface area (TPSA) is 80.0 Å². The summed E-state index contributed by atoms with van der Waals surface area (Å²) in [6, 6.07) is -0.282. The number of rotatable bonds is 8. The molecule has 0 aromatic heterocycles. The Hall–Kier alpha value is -1.22. The Kier molecular flexibility index (Phi) is 8.30. The summed E-state index contributed by atoms with van der Waals surface area (Å²) in [5, 5.41) is 9.45. The number of imide groups is 1. The molecule has 132 valence electrons. The molecule has 23 heavy (non-hydrogen) atoms. The third-order valence-electron chi connectivity index (χ3n) is 4.38. The van der Waals surface area contributed by atoms with Crippen LogP contribution in [0.25, 0.3) is 0 Å². The minimum Gasteiger partial charge on any atom is -0.336 e. The smallest absolute Gasteiger partial charge is 0.323 e. The van der Waals surface area contributed by atoms with Crippen LogP contribution in [0, 0.1) is 0 Å². The van der Waals surface area contributed by atoms with Crippen molar-refractivity contribution in [3.8, 4) is 0 Å². The Morgan fingerprint density at radius 3 is 2.13 bits per heavy atom. The molecule has 0 aliphatic carbocycles. The Balaban J connectivity index is 1.57. The molecule has 0 spiro atoms. The maximum atomic E-state index is 12.0. The van der Waals surface area contributed by atoms with E-state index < -0.39 is 0 Å². The maximum Gasteiger partial charge on any atom is 0.323 e. The van der Waals surface area contributed by atoms with Crippen LogP contribution in [0.15, 0.2) is 0 Å². The van der Waals surface area contributed by atoms with E-state index in [9.17, 15) is 9.59 Å². The molecule has 2 heterocycles. The van der Waals surface area contributed by atoms with Gasteiger partial charge in [-0.1, -0.05) is 0 Å². The first kappa shape index (κ1) is 18.1. The van der Waals surface area contributed by atoms with Gasteiger partial charge in [-0.3, -0.25) is 14.6 Å². The van der Waals surface area contributed by atoms with Gasteiger partial charge in [-0.05, 0) is 13.0 Å². The van der Waals surface area contributed by atoms with Gasteiger partial charge in [-0.2, -0.15) is 0 Å². The van der Waals surface area contributed by atoms with E-state index in [0.29, 0.717) is 19.5 Å². The number of piperazine rings is 2. The number of urea groups is 1. The lowest BCUT2D eigenvalue weighted by molar-refractivity contribution is -0.115. The van der Waals surface area contributed by atoms with Gasteiger partial charge in [-0.15, -0.1) is 0 Å². The van der Waals surface area contributed by atoms with Crippen LogP contribution in [0.1, 0.15) is 6.42 Å². The molecule has 0 bridgehead atoms. The Morgan fingerprint density at radius 1 is 1.00 bits per heavy atom. The van der Waals surface area contributed by atoms with Crippen LogP contribution in [-0.4, -0.2) is 106 Å². The first-order valence-electron chi connectivity index (χ1n) is 8.65. The first-order valence-corrected chi connectivity index (χ1v) is 8.65. The molecule has 2 rings (SSSR count). The number of nitrogens with zero attached hydrogens (tertiary/aromatic N) is 3. The molecule has 2 fully saturated rings. The fourth-order valence-electron chi connectivity index (χ4n) is 2.96. The molecule has 0 unspecified atom stereocenters. The number of carbonyl (C=O) groups is 2. The van der Waals surface area contributed by atoms with Gasteiger partial charge in [-0.25, -0.2) is 4.79 Å². The zero-order valence-corrected chi connectivity index (χ0v) is 13.9. The van der Waals surface area contributed by atoms with Crippen molar-refractivity contribution in [3.05, 3.63) is 0 Å². The van der Waals surface area contributed by atoms with Gasteiger partial charge >= 0.3 is 6.03 Å². The zero-order valence-electron chi connectivity index (χ0n) is 13.9. The molecule has 2 saturated heterocycles. The molecular formula is C15H30N6O2. The third kappa shape index (κ3) is 6.82. The van der Waals surface area contributed by atoms with Crippen LogP contribution in [-0.2, 0) is 4.79 Å². The number of hydrogen-bond acceptors (Lipinski definition) is 6. The monoisotopic (exact) mass is 326 g/mol. The fraction of sp³-hybridized carbons (Fsp3) is 0.867. The highest BCUT2D eigenvalue weighted by molar-refractivity contribution is 5.84. The molecular weight excluding hydrogens is 296 g/mol. The van der Waals surface area contributed by atoms with E-state index in [0.717, 1.165) is 71.9 Å². The minimum absolute atomic E-state index is 0.282. The van der Waals surface area contributed by atoms with Crippen LogP contribution in [0.2, 0.25) is 0 Å². The second-order valence-electron chi connectivity index (χ2n) is 6.07. The molecule has 0 saturated carbocycles. The van der Waals surface area contributed by atoms with Crippen molar-refractivity contribution in [1.29, 1.82) is 0 Å². The zero-order chi connectivity index (χ0) is 16.3. The number of carbonyl (C=O) groups excluding carboxylic acids is 2. The maximum absolute atomic E-state index is 12.0. The Bertz CT molecular complexity index is 356. The van der Waals surface area contributed by atoms with Crippen molar-refractivity contribution < 1.29 is 9.59 Å². The summed E-state index contributed by atoms with van der Waals surface area (Å²) in [6.07, 6.45) is 1.46. The van der Waals surface area contributed by atoms with E-state index >= 15 is 0 Å². The quantitative estimate of drug-likeness (QED) is 0.464. The molecule has 0 radical (unpaired) electrons. The highest BCUT2D eigenvalue weighted by Crippen LogP contribution is 1.97. The van der Waals surface area contributed by atoms with Crippen LogP contribution in [0.4, 0.5) is 4.79 Å². The average molecular weight is 326 g/mol. The van der Waals surface area contributed by atoms with Crippen molar-refractivity contribution in [3.63, 3.8) is 0 Å². The fourth-order valence-corrected chi connectivity index (χ4v) is 2.96. The molecule has 8 heteroatoms. The van der Waals surface area contributed by atoms with Gasteiger partial charge in [0, 0.05) is 72.0 Å². The van der Waals surface area contributed by atoms with Gasteiger partial charge in [0.15, 0.2) is 0 Å². The summed E-state index contributed by atoms with van der Waals surface area (Å²) in [5.74, 6) is 0. The summed E-state index contributed by atoms with van der Waals surface area (Å²) >= 11 is 0. The Labute approximate surface area is 138 Å². The average Bonchev–Trinajstić information content (AvgIpc) is 2.60. The van der Waals surface area contributed by atoms with Crippen molar-refractivity contribution in [2.45, 2.75) is 6.42 Å². The SMILES string of the molecule is O=CN(CCCN1CCNCC1)C(=O)NCCN1CCNCC1. The predicted octanol–water partition coefficient (Wildman–Crippen LogP) is -1.65. The van der Waals surface area contributed by atoms with E-state index in [2.05, 4.69) is 25.8 Å². The first-order chi connectivity index (χ1) is 11.3. The molecule has 2 aliphatic rings. The highest BCUT2D eigenvalue weighted by Gasteiger charge is 2.15. The van der Waals surface area contributed by atoms with Crippen molar-refractivity contribution >= 4 is 12.4 Å². The summed E-state index contributed by atoms with van der Waals surface area (Å²) in [6.45, 7) is 11.0. The number of hydrogen-bond donors (Lipinski definition) is 3. The van der Waals surface area contributed by atoms with Crippen molar-refractivity contribution in [1.82, 2.24) is 30.7 Å². The Morgan fingerprint density at radius 2 is 1.57 bits per heavy atom. The van der Waals surface area contributed by atoms with Crippen molar-refractivity contribution in [2.24, 2.45) is 0 Å². The normalized spacial score (nSPS) is 20.2. The predicted molar refractivity (Wildman–Crippen MR) is 89.4 cm³/mol. The largest absolute Gasteiger partial charge is 0.336 e. The standard InChI is InChI=1S/C15H30N6O2/c22-14-21(8-1-7-19-9-2-16-3-10-19)15(23)18-6-13-20-11-4-17-5-12-20/h14,16-17H,1-13H2,(H,18,23). The van der Waals surface area contributed by atoms with E-state index in [1.807, 2.05) is 0 Å². The highest BCUT2D eigenvalue weighted by atomic mass is 16.2. The molecule has 3 N–H and O–H groups in total. The van der Waals surface area contributed by atoms with E-state index in [4.69, 9.17) is 0 Å². The van der Waals surface area contributed by atoms with Gasteiger partial charge in [0.1, 0.15) is 0 Å². The van der Waals surface area contributed by atoms with Crippen LogP contribution in [0.5, 0.6) is 0 Å². The van der Waals surface area contributed by atoms with Crippen LogP contribution in [0.3, 0.4) is 0 Å². The van der Waals surface area contributed by atoms with Crippen molar-refractivity contribution in [2.75, 3.05) is 78.5 Å². The molecule has 2 aliphatic heterocycles. The lowest BCUT2D eigenvalue weighted by Gasteiger charge is -2.28. The van der Waals surface area contributed by atoms with Gasteiger partial charge < -0.3 is 20.9 Å². The lowest BCUT2D eigenvalue weighted by Crippen LogP contribution is -2.48.